The number of hydrogen-bond acceptors (Lipinski definition) is 4. The van der Waals surface area contributed by atoms with Crippen molar-refractivity contribution in [2.75, 3.05) is 26.2 Å². The Balaban J connectivity index is 2.29. The molecule has 0 aromatic carbocycles. The molecule has 0 radical (unpaired) electrons. The first-order valence-corrected chi connectivity index (χ1v) is 5.80. The first-order chi connectivity index (χ1) is 7.63. The van der Waals surface area contributed by atoms with Crippen molar-refractivity contribution in [1.29, 1.82) is 0 Å². The largest absolute Gasteiger partial charge is 0.467 e. The van der Waals surface area contributed by atoms with Gasteiger partial charge < -0.3 is 10.1 Å². The maximum absolute atomic E-state index is 13.0. The summed E-state index contributed by atoms with van der Waals surface area (Å²) in [7, 11) is 0. The molecule has 16 heavy (non-hydrogen) atoms. The molecule has 4 nitrogen and oxygen atoms in total. The second-order valence-electron chi connectivity index (χ2n) is 4.49. The van der Waals surface area contributed by atoms with Crippen LogP contribution in [0.25, 0.3) is 0 Å². The normalized spacial score (nSPS) is 25.3. The third-order valence-electron chi connectivity index (χ3n) is 2.92. The van der Waals surface area contributed by atoms with Crippen molar-refractivity contribution in [3.8, 4) is 0 Å². The third kappa shape index (κ3) is 4.45. The molecule has 0 saturated carbocycles. The first-order valence-electron chi connectivity index (χ1n) is 5.80. The van der Waals surface area contributed by atoms with E-state index in [1.165, 1.54) is 0 Å². The van der Waals surface area contributed by atoms with Crippen LogP contribution in [0.5, 0.6) is 0 Å². The van der Waals surface area contributed by atoms with Gasteiger partial charge in [0.15, 0.2) is 0 Å². The fraction of sp³-hybridized carbons (Fsp3) is 0.909. The summed E-state index contributed by atoms with van der Waals surface area (Å²) in [4.78, 5) is 12.2. The summed E-state index contributed by atoms with van der Waals surface area (Å²) in [5.74, 6) is 0. The highest BCUT2D eigenvalue weighted by Crippen LogP contribution is 2.12. The zero-order chi connectivity index (χ0) is 12.0. The molecule has 0 aromatic rings. The van der Waals surface area contributed by atoms with E-state index in [9.17, 15) is 9.18 Å². The Morgan fingerprint density at radius 3 is 2.88 bits per heavy atom. The Labute approximate surface area is 96.1 Å². The highest BCUT2D eigenvalue weighted by molar-refractivity contribution is 5.36. The minimum atomic E-state index is -0.717. The second-order valence-corrected chi connectivity index (χ2v) is 4.49. The number of rotatable bonds is 7. The number of nitrogens with one attached hydrogen (secondary N) is 1. The average Bonchev–Trinajstić information content (AvgIpc) is 2.63. The van der Waals surface area contributed by atoms with Crippen molar-refractivity contribution in [2.24, 2.45) is 0 Å². The third-order valence-corrected chi connectivity index (χ3v) is 2.92. The molecule has 1 aliphatic rings. The summed E-state index contributed by atoms with van der Waals surface area (Å²) >= 11 is 0. The molecule has 1 aliphatic heterocycles. The van der Waals surface area contributed by atoms with Crippen molar-refractivity contribution >= 4 is 6.47 Å². The van der Waals surface area contributed by atoms with Crippen molar-refractivity contribution in [3.63, 3.8) is 0 Å². The Morgan fingerprint density at radius 2 is 2.38 bits per heavy atom. The summed E-state index contributed by atoms with van der Waals surface area (Å²) in [6.45, 7) is 7.00. The zero-order valence-electron chi connectivity index (χ0n) is 9.99. The van der Waals surface area contributed by atoms with Gasteiger partial charge in [0.2, 0.25) is 0 Å². The van der Waals surface area contributed by atoms with E-state index in [1.54, 1.807) is 0 Å². The summed E-state index contributed by atoms with van der Waals surface area (Å²) < 4.78 is 17.7. The standard InChI is InChI=1S/C11H21FN2O2/c1-9(2)14(3-4-16-8-15)7-11-5-10(12)6-13-11/h8-11,13H,3-7H2,1-2H3. The number of carbonyl (C=O) groups is 1. The van der Waals surface area contributed by atoms with E-state index in [4.69, 9.17) is 0 Å². The minimum absolute atomic E-state index is 0.216. The molecule has 0 aromatic heterocycles. The second kappa shape index (κ2) is 6.81. The van der Waals surface area contributed by atoms with Gasteiger partial charge in [0.1, 0.15) is 12.8 Å². The van der Waals surface area contributed by atoms with Gasteiger partial charge in [0.25, 0.3) is 6.47 Å². The van der Waals surface area contributed by atoms with Gasteiger partial charge in [-0.15, -0.1) is 0 Å². The van der Waals surface area contributed by atoms with Crippen molar-refractivity contribution in [1.82, 2.24) is 10.2 Å². The number of halogens is 1. The Morgan fingerprint density at radius 1 is 1.62 bits per heavy atom. The van der Waals surface area contributed by atoms with Crippen LogP contribution in [-0.2, 0) is 9.53 Å². The van der Waals surface area contributed by atoms with Gasteiger partial charge in [-0.05, 0) is 20.3 Å². The molecule has 94 valence electrons. The van der Waals surface area contributed by atoms with Crippen LogP contribution in [0.1, 0.15) is 20.3 Å². The van der Waals surface area contributed by atoms with E-state index >= 15 is 0 Å². The van der Waals surface area contributed by atoms with E-state index in [0.717, 1.165) is 6.54 Å². The van der Waals surface area contributed by atoms with Crippen LogP contribution in [0, 0.1) is 0 Å². The molecule has 5 heteroatoms. The Bertz CT molecular complexity index is 214. The molecule has 1 rings (SSSR count). The summed E-state index contributed by atoms with van der Waals surface area (Å²) in [6, 6.07) is 0.587. The maximum Gasteiger partial charge on any atom is 0.293 e. The number of carbonyl (C=O) groups excluding carboxylic acids is 1. The van der Waals surface area contributed by atoms with Gasteiger partial charge in [-0.1, -0.05) is 0 Å². The smallest absolute Gasteiger partial charge is 0.293 e. The SMILES string of the molecule is CC(C)N(CCOC=O)CC1CC(F)CN1. The van der Waals surface area contributed by atoms with Gasteiger partial charge in [-0.25, -0.2) is 4.39 Å². The lowest BCUT2D eigenvalue weighted by Crippen LogP contribution is -2.42. The van der Waals surface area contributed by atoms with Crippen molar-refractivity contribution in [2.45, 2.75) is 38.5 Å². The van der Waals surface area contributed by atoms with Gasteiger partial charge in [0.05, 0.1) is 0 Å². The lowest BCUT2D eigenvalue weighted by atomic mass is 10.2. The quantitative estimate of drug-likeness (QED) is 0.515. The monoisotopic (exact) mass is 232 g/mol. The molecule has 1 heterocycles. The molecule has 2 atom stereocenters. The van der Waals surface area contributed by atoms with Gasteiger partial charge in [-0.3, -0.25) is 9.69 Å². The molecule has 0 bridgehead atoms. The summed E-state index contributed by atoms with van der Waals surface area (Å²) in [5.41, 5.74) is 0. The van der Waals surface area contributed by atoms with E-state index < -0.39 is 6.17 Å². The molecular formula is C11H21FN2O2. The van der Waals surface area contributed by atoms with E-state index in [0.29, 0.717) is 38.6 Å². The molecule has 1 fully saturated rings. The molecule has 2 unspecified atom stereocenters. The Kier molecular flexibility index (Phi) is 5.69. The number of ether oxygens (including phenoxy) is 1. The fourth-order valence-electron chi connectivity index (χ4n) is 1.97. The first kappa shape index (κ1) is 13.4. The molecule has 0 spiro atoms. The topological polar surface area (TPSA) is 41.6 Å². The number of hydrogen-bond donors (Lipinski definition) is 1. The van der Waals surface area contributed by atoms with Gasteiger partial charge in [-0.2, -0.15) is 0 Å². The van der Waals surface area contributed by atoms with E-state index in [2.05, 4.69) is 28.8 Å². The summed E-state index contributed by atoms with van der Waals surface area (Å²) in [5, 5.41) is 3.16. The maximum atomic E-state index is 13.0. The molecule has 0 amide bonds. The van der Waals surface area contributed by atoms with Crippen LogP contribution in [0.4, 0.5) is 4.39 Å². The van der Waals surface area contributed by atoms with Gasteiger partial charge >= 0.3 is 0 Å². The Hall–Kier alpha value is -0.680. The van der Waals surface area contributed by atoms with Crippen LogP contribution in [0.15, 0.2) is 0 Å². The fourth-order valence-corrected chi connectivity index (χ4v) is 1.97. The predicted octanol–water partition coefficient (Wildman–Crippen LogP) is 0.570. The molecular weight excluding hydrogens is 211 g/mol. The van der Waals surface area contributed by atoms with E-state index in [-0.39, 0.29) is 6.04 Å². The minimum Gasteiger partial charge on any atom is -0.467 e. The predicted molar refractivity (Wildman–Crippen MR) is 60.0 cm³/mol. The highest BCUT2D eigenvalue weighted by atomic mass is 19.1. The van der Waals surface area contributed by atoms with Gasteiger partial charge in [0, 0.05) is 31.7 Å². The zero-order valence-corrected chi connectivity index (χ0v) is 9.99. The van der Waals surface area contributed by atoms with Crippen LogP contribution >= 0.6 is 0 Å². The summed E-state index contributed by atoms with van der Waals surface area (Å²) in [6.07, 6.45) is -0.136. The molecule has 1 N–H and O–H groups in total. The lowest BCUT2D eigenvalue weighted by molar-refractivity contribution is -0.129. The van der Waals surface area contributed by atoms with Crippen LogP contribution in [0.3, 0.4) is 0 Å². The number of nitrogens with zero attached hydrogens (tertiary/aromatic N) is 1. The van der Waals surface area contributed by atoms with Crippen molar-refractivity contribution < 1.29 is 13.9 Å². The van der Waals surface area contributed by atoms with Crippen LogP contribution in [0.2, 0.25) is 0 Å². The lowest BCUT2D eigenvalue weighted by Gasteiger charge is -2.28. The molecule has 1 saturated heterocycles. The van der Waals surface area contributed by atoms with Crippen molar-refractivity contribution in [3.05, 3.63) is 0 Å². The van der Waals surface area contributed by atoms with Crippen LogP contribution in [-0.4, -0.2) is 55.9 Å². The molecule has 0 aliphatic carbocycles. The van der Waals surface area contributed by atoms with Crippen LogP contribution < -0.4 is 5.32 Å². The highest BCUT2D eigenvalue weighted by Gasteiger charge is 2.25. The number of alkyl halides is 1. The average molecular weight is 232 g/mol. The van der Waals surface area contributed by atoms with E-state index in [1.807, 2.05) is 0 Å².